The van der Waals surface area contributed by atoms with Crippen LogP contribution in [0.2, 0.25) is 0 Å². The monoisotopic (exact) mass is 260 g/mol. The van der Waals surface area contributed by atoms with Crippen LogP contribution in [0.4, 0.5) is 0 Å². The summed E-state index contributed by atoms with van der Waals surface area (Å²) in [6.45, 7) is 1.50. The maximum Gasteiger partial charge on any atom is 0.377 e. The van der Waals surface area contributed by atoms with Crippen molar-refractivity contribution in [2.45, 2.75) is 38.4 Å². The van der Waals surface area contributed by atoms with Crippen LogP contribution in [0.3, 0.4) is 0 Å². The number of carbonyl (C=O) groups excluding carboxylic acids is 2. The number of hydrogen-bond donors (Lipinski definition) is 3. The second-order valence-corrected chi connectivity index (χ2v) is 3.91. The van der Waals surface area contributed by atoms with Crippen molar-refractivity contribution in [3.05, 3.63) is 11.5 Å². The Morgan fingerprint density at radius 1 is 1.50 bits per heavy atom. The first-order valence-corrected chi connectivity index (χ1v) is 5.64. The third-order valence-corrected chi connectivity index (χ3v) is 2.44. The molecule has 1 aliphatic rings. The van der Waals surface area contributed by atoms with E-state index in [4.69, 9.17) is 9.84 Å². The number of hydrogen-bond acceptors (Lipinski definition) is 7. The molecule has 0 spiro atoms. The Morgan fingerprint density at radius 3 is 2.67 bits per heavy atom. The minimum absolute atomic E-state index is 0.237. The molecule has 0 fully saturated rings. The number of esters is 2. The van der Waals surface area contributed by atoms with Gasteiger partial charge in [-0.3, -0.25) is 4.79 Å². The molecule has 2 atom stereocenters. The Bertz CT molecular complexity index is 360. The zero-order valence-electron chi connectivity index (χ0n) is 9.96. The number of unbranched alkanes of at least 4 members (excludes halogenated alkanes) is 1. The van der Waals surface area contributed by atoms with Gasteiger partial charge in [0.15, 0.2) is 11.9 Å². The maximum atomic E-state index is 11.2. The highest BCUT2D eigenvalue weighted by Gasteiger charge is 2.39. The Balaban J connectivity index is 2.41. The third kappa shape index (κ3) is 3.36. The Labute approximate surface area is 104 Å². The van der Waals surface area contributed by atoms with E-state index < -0.39 is 42.3 Å². The van der Waals surface area contributed by atoms with Crippen molar-refractivity contribution in [3.8, 4) is 0 Å². The van der Waals surface area contributed by atoms with Gasteiger partial charge in [0.05, 0.1) is 0 Å². The summed E-state index contributed by atoms with van der Waals surface area (Å²) in [6.07, 6.45) is -1.05. The molecule has 0 radical (unpaired) electrons. The molecule has 3 N–H and O–H groups in total. The molecule has 0 aromatic carbocycles. The van der Waals surface area contributed by atoms with Crippen LogP contribution in [0.15, 0.2) is 11.5 Å². The lowest BCUT2D eigenvalue weighted by molar-refractivity contribution is -0.154. The molecule has 2 unspecified atom stereocenters. The molecule has 0 amide bonds. The van der Waals surface area contributed by atoms with Crippen molar-refractivity contribution in [2.24, 2.45) is 0 Å². The summed E-state index contributed by atoms with van der Waals surface area (Å²) >= 11 is 0. The maximum absolute atomic E-state index is 11.2. The van der Waals surface area contributed by atoms with Crippen LogP contribution in [0.25, 0.3) is 0 Å². The Morgan fingerprint density at radius 2 is 2.17 bits per heavy atom. The fourth-order valence-corrected chi connectivity index (χ4v) is 1.39. The van der Waals surface area contributed by atoms with E-state index in [9.17, 15) is 19.8 Å². The first-order valence-electron chi connectivity index (χ1n) is 5.64. The highest BCUT2D eigenvalue weighted by Crippen LogP contribution is 2.21. The van der Waals surface area contributed by atoms with Gasteiger partial charge in [-0.25, -0.2) is 4.79 Å². The average molecular weight is 260 g/mol. The molecule has 0 aromatic rings. The highest BCUT2D eigenvalue weighted by atomic mass is 16.6. The molecule has 102 valence electrons. The average Bonchev–Trinajstić information content (AvgIpc) is 2.61. The van der Waals surface area contributed by atoms with E-state index in [1.54, 1.807) is 0 Å². The topological polar surface area (TPSA) is 113 Å². The van der Waals surface area contributed by atoms with Crippen LogP contribution >= 0.6 is 0 Å². The van der Waals surface area contributed by atoms with Gasteiger partial charge in [0.2, 0.25) is 5.76 Å². The van der Waals surface area contributed by atoms with Gasteiger partial charge in [-0.1, -0.05) is 13.3 Å². The minimum atomic E-state index is -1.41. The summed E-state index contributed by atoms with van der Waals surface area (Å²) < 4.78 is 9.25. The minimum Gasteiger partial charge on any atom is -0.505 e. The molecule has 0 aromatic heterocycles. The van der Waals surface area contributed by atoms with Gasteiger partial charge in [-0.05, 0) is 6.42 Å². The van der Waals surface area contributed by atoms with E-state index in [0.29, 0.717) is 6.42 Å². The first kappa shape index (κ1) is 14.3. The van der Waals surface area contributed by atoms with Gasteiger partial charge in [0.1, 0.15) is 12.7 Å². The first-order chi connectivity index (χ1) is 8.47. The molecule has 0 saturated carbocycles. The smallest absolute Gasteiger partial charge is 0.377 e. The second kappa shape index (κ2) is 6.25. The number of ether oxygens (including phenoxy) is 2. The molecule has 1 aliphatic heterocycles. The Kier molecular flexibility index (Phi) is 4.96. The second-order valence-electron chi connectivity index (χ2n) is 3.91. The molecule has 0 bridgehead atoms. The number of aliphatic hydroxyl groups excluding tert-OH is 3. The van der Waals surface area contributed by atoms with Crippen molar-refractivity contribution in [2.75, 3.05) is 6.61 Å². The quantitative estimate of drug-likeness (QED) is 0.590. The molecule has 18 heavy (non-hydrogen) atoms. The number of carbonyl (C=O) groups is 2. The SMILES string of the molecule is CCCCC(=O)OCC(O)C1OC(=O)C(O)=C1O. The normalized spacial score (nSPS) is 20.8. The van der Waals surface area contributed by atoms with Crippen molar-refractivity contribution in [3.63, 3.8) is 0 Å². The van der Waals surface area contributed by atoms with Crippen LogP contribution in [-0.2, 0) is 19.1 Å². The van der Waals surface area contributed by atoms with E-state index in [2.05, 4.69) is 4.74 Å². The van der Waals surface area contributed by atoms with Gasteiger partial charge in [0.25, 0.3) is 0 Å². The van der Waals surface area contributed by atoms with Crippen molar-refractivity contribution in [1.29, 1.82) is 0 Å². The number of cyclic esters (lactones) is 1. The largest absolute Gasteiger partial charge is 0.505 e. The van der Waals surface area contributed by atoms with Crippen LogP contribution < -0.4 is 0 Å². The molecule has 0 saturated heterocycles. The lowest BCUT2D eigenvalue weighted by Crippen LogP contribution is -2.33. The molecule has 7 nitrogen and oxygen atoms in total. The van der Waals surface area contributed by atoms with Crippen LogP contribution in [0, 0.1) is 0 Å². The summed E-state index contributed by atoms with van der Waals surface area (Å²) in [5, 5.41) is 27.9. The summed E-state index contributed by atoms with van der Waals surface area (Å²) in [7, 11) is 0. The molecule has 1 rings (SSSR count). The lowest BCUT2D eigenvalue weighted by atomic mass is 10.2. The van der Waals surface area contributed by atoms with Gasteiger partial charge < -0.3 is 24.8 Å². The van der Waals surface area contributed by atoms with Crippen molar-refractivity contribution in [1.82, 2.24) is 0 Å². The van der Waals surface area contributed by atoms with Gasteiger partial charge >= 0.3 is 11.9 Å². The molecular weight excluding hydrogens is 244 g/mol. The fraction of sp³-hybridized carbons (Fsp3) is 0.636. The lowest BCUT2D eigenvalue weighted by Gasteiger charge is -2.17. The predicted octanol–water partition coefficient (Wildman–Crippen LogP) is 0.334. The standard InChI is InChI=1S/C11H16O7/c1-2-3-4-7(13)17-5-6(12)10-8(14)9(15)11(16)18-10/h6,10,12,14-15H,2-5H2,1H3. The van der Waals surface area contributed by atoms with E-state index in [1.165, 1.54) is 0 Å². The van der Waals surface area contributed by atoms with E-state index >= 15 is 0 Å². The van der Waals surface area contributed by atoms with E-state index in [0.717, 1.165) is 6.42 Å². The molecular formula is C11H16O7. The van der Waals surface area contributed by atoms with Gasteiger partial charge in [-0.2, -0.15) is 0 Å². The van der Waals surface area contributed by atoms with Crippen molar-refractivity contribution >= 4 is 11.9 Å². The summed E-state index contributed by atoms with van der Waals surface area (Å²) in [6, 6.07) is 0. The molecule has 0 aliphatic carbocycles. The van der Waals surface area contributed by atoms with Gasteiger partial charge in [0, 0.05) is 6.42 Å². The summed E-state index contributed by atoms with van der Waals surface area (Å²) in [4.78, 5) is 22.0. The highest BCUT2D eigenvalue weighted by molar-refractivity contribution is 5.89. The molecule has 7 heteroatoms. The van der Waals surface area contributed by atoms with E-state index in [-0.39, 0.29) is 6.42 Å². The number of rotatable bonds is 6. The zero-order chi connectivity index (χ0) is 13.7. The summed E-state index contributed by atoms with van der Waals surface area (Å²) in [5.74, 6) is -3.28. The summed E-state index contributed by atoms with van der Waals surface area (Å²) in [5.41, 5.74) is 0. The molecule has 1 heterocycles. The Hall–Kier alpha value is -1.76. The van der Waals surface area contributed by atoms with Crippen LogP contribution in [0.1, 0.15) is 26.2 Å². The predicted molar refractivity (Wildman–Crippen MR) is 58.7 cm³/mol. The fourth-order valence-electron chi connectivity index (χ4n) is 1.39. The zero-order valence-corrected chi connectivity index (χ0v) is 9.96. The third-order valence-electron chi connectivity index (χ3n) is 2.44. The van der Waals surface area contributed by atoms with Crippen molar-refractivity contribution < 1.29 is 34.4 Å². The van der Waals surface area contributed by atoms with E-state index in [1.807, 2.05) is 6.92 Å². The van der Waals surface area contributed by atoms with Crippen LogP contribution in [0.5, 0.6) is 0 Å². The number of aliphatic hydroxyl groups is 3. The van der Waals surface area contributed by atoms with Gasteiger partial charge in [-0.15, -0.1) is 0 Å². The van der Waals surface area contributed by atoms with Crippen LogP contribution in [-0.4, -0.2) is 46.1 Å².